The molecular formula is C7H9BrN2OS. The molecule has 0 aromatic carbocycles. The van der Waals surface area contributed by atoms with E-state index in [2.05, 4.69) is 26.2 Å². The quantitative estimate of drug-likeness (QED) is 0.814. The number of hydrogen-bond acceptors (Lipinski definition) is 4. The Bertz CT molecular complexity index is 285. The molecule has 2 heterocycles. The van der Waals surface area contributed by atoms with Crippen molar-refractivity contribution in [1.29, 1.82) is 0 Å². The number of nitrogens with zero attached hydrogens (tertiary/aromatic N) is 1. The van der Waals surface area contributed by atoms with Gasteiger partial charge in [-0.15, -0.1) is 11.3 Å². The van der Waals surface area contributed by atoms with Gasteiger partial charge >= 0.3 is 0 Å². The second kappa shape index (κ2) is 3.06. The van der Waals surface area contributed by atoms with Crippen LogP contribution >= 0.6 is 27.3 Å². The van der Waals surface area contributed by atoms with E-state index in [1.807, 2.05) is 0 Å². The Balaban J connectivity index is 2.03. The SMILES string of the molecule is OC1(Cc2ncc(Br)s2)CNC1. The van der Waals surface area contributed by atoms with Crippen LogP contribution in [0.25, 0.3) is 0 Å². The minimum atomic E-state index is -0.544. The predicted octanol–water partition coefficient (Wildman–Crippen LogP) is 0.782. The summed E-state index contributed by atoms with van der Waals surface area (Å²) in [5.74, 6) is 0. The average Bonchev–Trinajstić information content (AvgIpc) is 2.32. The van der Waals surface area contributed by atoms with Crippen LogP contribution in [0.1, 0.15) is 5.01 Å². The highest BCUT2D eigenvalue weighted by Crippen LogP contribution is 2.24. The molecule has 12 heavy (non-hydrogen) atoms. The van der Waals surface area contributed by atoms with E-state index in [1.165, 1.54) is 0 Å². The Labute approximate surface area is 83.0 Å². The zero-order chi connectivity index (χ0) is 8.60. The summed E-state index contributed by atoms with van der Waals surface area (Å²) >= 11 is 4.92. The number of halogens is 1. The highest BCUT2D eigenvalue weighted by atomic mass is 79.9. The molecule has 0 aliphatic carbocycles. The first-order valence-corrected chi connectivity index (χ1v) is 5.32. The molecule has 2 N–H and O–H groups in total. The third-order valence-electron chi connectivity index (χ3n) is 1.91. The van der Waals surface area contributed by atoms with Crippen molar-refractivity contribution in [2.75, 3.05) is 13.1 Å². The first-order chi connectivity index (χ1) is 5.68. The Morgan fingerprint density at radius 2 is 2.50 bits per heavy atom. The van der Waals surface area contributed by atoms with Gasteiger partial charge in [-0.25, -0.2) is 4.98 Å². The van der Waals surface area contributed by atoms with Crippen molar-refractivity contribution in [1.82, 2.24) is 10.3 Å². The second-order valence-corrected chi connectivity index (χ2v) is 5.56. The van der Waals surface area contributed by atoms with E-state index in [9.17, 15) is 5.11 Å². The van der Waals surface area contributed by atoms with Crippen LogP contribution in [0.5, 0.6) is 0 Å². The number of β-amino-alcohol motifs (C(OH)–C–C–N with tert-alkyl or cyclic N) is 1. The van der Waals surface area contributed by atoms with Crippen LogP contribution in [0, 0.1) is 0 Å². The first-order valence-electron chi connectivity index (χ1n) is 3.71. The first kappa shape index (κ1) is 8.62. The molecule has 0 saturated carbocycles. The van der Waals surface area contributed by atoms with Crippen molar-refractivity contribution < 1.29 is 5.11 Å². The number of hydrogen-bond donors (Lipinski definition) is 2. The van der Waals surface area contributed by atoms with Gasteiger partial charge in [0.25, 0.3) is 0 Å². The lowest BCUT2D eigenvalue weighted by Crippen LogP contribution is -2.60. The highest BCUT2D eigenvalue weighted by molar-refractivity contribution is 9.11. The molecule has 66 valence electrons. The fraction of sp³-hybridized carbons (Fsp3) is 0.571. The van der Waals surface area contributed by atoms with E-state index >= 15 is 0 Å². The largest absolute Gasteiger partial charge is 0.387 e. The molecule has 0 radical (unpaired) electrons. The summed E-state index contributed by atoms with van der Waals surface area (Å²) in [6.07, 6.45) is 2.44. The van der Waals surface area contributed by atoms with E-state index in [1.54, 1.807) is 17.5 Å². The fourth-order valence-corrected chi connectivity index (χ4v) is 2.63. The number of aromatic nitrogens is 1. The minimum Gasteiger partial charge on any atom is -0.387 e. The van der Waals surface area contributed by atoms with Crippen LogP contribution in [-0.4, -0.2) is 28.8 Å². The molecular weight excluding hydrogens is 240 g/mol. The van der Waals surface area contributed by atoms with Crippen molar-refractivity contribution in [3.63, 3.8) is 0 Å². The lowest BCUT2D eigenvalue weighted by atomic mass is 9.94. The van der Waals surface area contributed by atoms with Gasteiger partial charge < -0.3 is 10.4 Å². The van der Waals surface area contributed by atoms with Gasteiger partial charge in [-0.1, -0.05) is 0 Å². The zero-order valence-corrected chi connectivity index (χ0v) is 8.78. The van der Waals surface area contributed by atoms with Crippen LogP contribution < -0.4 is 5.32 Å². The highest BCUT2D eigenvalue weighted by Gasteiger charge is 2.35. The molecule has 1 aliphatic rings. The van der Waals surface area contributed by atoms with E-state index in [-0.39, 0.29) is 0 Å². The van der Waals surface area contributed by atoms with Crippen LogP contribution in [0.3, 0.4) is 0 Å². The average molecular weight is 249 g/mol. The summed E-state index contributed by atoms with van der Waals surface area (Å²) in [4.78, 5) is 4.17. The maximum Gasteiger partial charge on any atom is 0.0966 e. The van der Waals surface area contributed by atoms with Crippen molar-refractivity contribution in [2.24, 2.45) is 0 Å². The van der Waals surface area contributed by atoms with Gasteiger partial charge in [-0.3, -0.25) is 0 Å². The number of nitrogens with one attached hydrogen (secondary N) is 1. The van der Waals surface area contributed by atoms with E-state index in [0.717, 1.165) is 8.79 Å². The van der Waals surface area contributed by atoms with Crippen LogP contribution in [0.2, 0.25) is 0 Å². The molecule has 3 nitrogen and oxygen atoms in total. The van der Waals surface area contributed by atoms with Crippen LogP contribution in [-0.2, 0) is 6.42 Å². The monoisotopic (exact) mass is 248 g/mol. The topological polar surface area (TPSA) is 45.2 Å². The zero-order valence-electron chi connectivity index (χ0n) is 6.38. The molecule has 0 bridgehead atoms. The molecule has 0 unspecified atom stereocenters. The normalized spacial score (nSPS) is 20.5. The van der Waals surface area contributed by atoms with Crippen LogP contribution in [0.4, 0.5) is 0 Å². The van der Waals surface area contributed by atoms with Gasteiger partial charge in [0.2, 0.25) is 0 Å². The Morgan fingerprint density at radius 1 is 1.75 bits per heavy atom. The number of aliphatic hydroxyl groups is 1. The lowest BCUT2D eigenvalue weighted by molar-refractivity contribution is -0.00905. The molecule has 1 saturated heterocycles. The maximum absolute atomic E-state index is 9.76. The molecule has 2 rings (SSSR count). The summed E-state index contributed by atoms with van der Waals surface area (Å²) in [6, 6.07) is 0. The van der Waals surface area contributed by atoms with E-state index in [0.29, 0.717) is 19.5 Å². The molecule has 1 aromatic rings. The fourth-order valence-electron chi connectivity index (χ4n) is 1.19. The van der Waals surface area contributed by atoms with Crippen molar-refractivity contribution in [3.8, 4) is 0 Å². The van der Waals surface area contributed by atoms with Crippen molar-refractivity contribution in [3.05, 3.63) is 15.0 Å². The van der Waals surface area contributed by atoms with E-state index < -0.39 is 5.60 Å². The third-order valence-corrected chi connectivity index (χ3v) is 3.39. The van der Waals surface area contributed by atoms with Gasteiger partial charge in [-0.05, 0) is 15.9 Å². The molecule has 1 aromatic heterocycles. The van der Waals surface area contributed by atoms with Crippen molar-refractivity contribution >= 4 is 27.3 Å². The van der Waals surface area contributed by atoms with Crippen LogP contribution in [0.15, 0.2) is 9.98 Å². The maximum atomic E-state index is 9.76. The summed E-state index contributed by atoms with van der Waals surface area (Å²) < 4.78 is 1.02. The van der Waals surface area contributed by atoms with Gasteiger partial charge in [0.15, 0.2) is 0 Å². The summed E-state index contributed by atoms with van der Waals surface area (Å²) in [5.41, 5.74) is -0.544. The summed E-state index contributed by atoms with van der Waals surface area (Å²) in [5, 5.41) is 13.8. The summed E-state index contributed by atoms with van der Waals surface area (Å²) in [7, 11) is 0. The van der Waals surface area contributed by atoms with E-state index in [4.69, 9.17) is 0 Å². The van der Waals surface area contributed by atoms with Gasteiger partial charge in [-0.2, -0.15) is 0 Å². The molecule has 0 spiro atoms. The molecule has 1 aliphatic heterocycles. The molecule has 0 atom stereocenters. The predicted molar refractivity (Wildman–Crippen MR) is 51.3 cm³/mol. The lowest BCUT2D eigenvalue weighted by Gasteiger charge is -2.36. The smallest absolute Gasteiger partial charge is 0.0966 e. The van der Waals surface area contributed by atoms with Gasteiger partial charge in [0.05, 0.1) is 20.6 Å². The van der Waals surface area contributed by atoms with Gasteiger partial charge in [0, 0.05) is 19.5 Å². The third kappa shape index (κ3) is 1.69. The molecule has 1 fully saturated rings. The number of rotatable bonds is 2. The number of thiazole rings is 1. The Hall–Kier alpha value is 0.0300. The Morgan fingerprint density at radius 3 is 2.92 bits per heavy atom. The molecule has 5 heteroatoms. The second-order valence-electron chi connectivity index (χ2n) is 3.06. The molecule has 0 amide bonds. The Kier molecular flexibility index (Phi) is 2.20. The minimum absolute atomic E-state index is 0.544. The van der Waals surface area contributed by atoms with Gasteiger partial charge in [0.1, 0.15) is 0 Å². The standard InChI is InChI=1S/C7H9BrN2OS/c8-5-2-10-6(12-5)1-7(11)3-9-4-7/h2,9,11H,1,3-4H2. The van der Waals surface area contributed by atoms with Crippen molar-refractivity contribution in [2.45, 2.75) is 12.0 Å². The summed E-state index contributed by atoms with van der Waals surface area (Å²) in [6.45, 7) is 1.37.